The molecule has 1 aromatic carbocycles. The van der Waals surface area contributed by atoms with Crippen molar-refractivity contribution in [3.8, 4) is 11.5 Å². The number of nitrogens with zero attached hydrogens (tertiary/aromatic N) is 3. The Bertz CT molecular complexity index is 1330. The van der Waals surface area contributed by atoms with E-state index in [-0.39, 0.29) is 24.3 Å². The number of aromatic nitrogens is 3. The molecule has 4 rings (SSSR count). The van der Waals surface area contributed by atoms with Gasteiger partial charge >= 0.3 is 18.5 Å². The number of rotatable bonds is 4. The number of ether oxygens (including phenoxy) is 2. The van der Waals surface area contributed by atoms with Crippen molar-refractivity contribution in [2.45, 2.75) is 24.5 Å². The zero-order valence-electron chi connectivity index (χ0n) is 19.1. The Morgan fingerprint density at radius 1 is 1.18 bits per heavy atom. The fourth-order valence-corrected chi connectivity index (χ4v) is 3.54. The van der Waals surface area contributed by atoms with Crippen molar-refractivity contribution < 1.29 is 54.9 Å². The summed E-state index contributed by atoms with van der Waals surface area (Å²) in [6, 6.07) is 6.31. The van der Waals surface area contributed by atoms with Gasteiger partial charge < -0.3 is 24.5 Å². The van der Waals surface area contributed by atoms with E-state index in [2.05, 4.69) is 20.0 Å². The molecule has 1 unspecified atom stereocenters. The van der Waals surface area contributed by atoms with Gasteiger partial charge in [-0.25, -0.2) is 14.2 Å². The molecule has 0 bridgehead atoms. The second kappa shape index (κ2) is 10.5. The Kier molecular flexibility index (Phi) is 7.83. The maximum absolute atomic E-state index is 14.6. The monoisotopic (exact) mass is 550 g/mol. The number of nitrogens with one attached hydrogen (secondary N) is 1. The van der Waals surface area contributed by atoms with Crippen molar-refractivity contribution in [2.24, 2.45) is 7.05 Å². The summed E-state index contributed by atoms with van der Waals surface area (Å²) >= 11 is 0. The van der Waals surface area contributed by atoms with E-state index >= 15 is 0 Å². The standard InChI is InChI=1S/C20H16F4N4O3.C2HF3O2/c1-28-11-25-10-14(28)18(29)27-19(6-8-30-16-3-2-7-26-17(16)19)12-4-5-15(13(21)9-12)31-20(22,23)24;3-2(4,5)1(6)7/h2-5,7,9-11H,6,8H2,1H3,(H,27,29);(H,6,7). The molecule has 3 heterocycles. The highest BCUT2D eigenvalue weighted by molar-refractivity contribution is 5.93. The zero-order chi connectivity index (χ0) is 28.3. The number of benzene rings is 1. The van der Waals surface area contributed by atoms with Gasteiger partial charge in [0, 0.05) is 19.7 Å². The van der Waals surface area contributed by atoms with Crippen molar-refractivity contribution in [1.29, 1.82) is 0 Å². The van der Waals surface area contributed by atoms with E-state index in [1.54, 1.807) is 19.2 Å². The van der Waals surface area contributed by atoms with E-state index < -0.39 is 41.5 Å². The van der Waals surface area contributed by atoms with E-state index in [4.69, 9.17) is 14.6 Å². The van der Waals surface area contributed by atoms with Gasteiger partial charge in [-0.2, -0.15) is 13.2 Å². The van der Waals surface area contributed by atoms with Crippen LogP contribution in [-0.4, -0.2) is 50.7 Å². The third-order valence-corrected chi connectivity index (χ3v) is 5.18. The lowest BCUT2D eigenvalue weighted by atomic mass is 9.81. The number of halogens is 7. The third kappa shape index (κ3) is 6.30. The molecule has 0 saturated carbocycles. The van der Waals surface area contributed by atoms with E-state index in [1.807, 2.05) is 0 Å². The lowest BCUT2D eigenvalue weighted by Crippen LogP contribution is -2.50. The first-order valence-corrected chi connectivity index (χ1v) is 10.4. The molecular weight excluding hydrogens is 533 g/mol. The number of carboxylic acids is 1. The fraction of sp³-hybridized carbons (Fsp3) is 0.273. The van der Waals surface area contributed by atoms with Gasteiger partial charge in [-0.1, -0.05) is 6.07 Å². The number of fused-ring (bicyclic) bond motifs is 1. The van der Waals surface area contributed by atoms with Crippen LogP contribution in [0.1, 0.15) is 28.2 Å². The summed E-state index contributed by atoms with van der Waals surface area (Å²) in [7, 11) is 1.63. The number of carbonyl (C=O) groups excluding carboxylic acids is 1. The Labute approximate surface area is 208 Å². The molecule has 9 nitrogen and oxygen atoms in total. The summed E-state index contributed by atoms with van der Waals surface area (Å²) in [5.41, 5.74) is -0.617. The second-order valence-corrected chi connectivity index (χ2v) is 7.69. The van der Waals surface area contributed by atoms with E-state index in [0.717, 1.165) is 12.1 Å². The van der Waals surface area contributed by atoms with Crippen LogP contribution in [0.4, 0.5) is 30.7 Å². The summed E-state index contributed by atoms with van der Waals surface area (Å²) in [5.74, 6) is -5.11. The number of alkyl halides is 6. The molecule has 0 radical (unpaired) electrons. The molecule has 0 spiro atoms. The molecule has 0 saturated heterocycles. The largest absolute Gasteiger partial charge is 0.573 e. The SMILES string of the molecule is Cn1cncc1C(=O)NC1(c2ccc(OC(F)(F)F)c(F)c2)CCOc2cccnc21.O=C(O)C(F)(F)F. The highest BCUT2D eigenvalue weighted by Crippen LogP contribution is 2.42. The minimum Gasteiger partial charge on any atom is -0.491 e. The Morgan fingerprint density at radius 3 is 2.42 bits per heavy atom. The molecule has 0 fully saturated rings. The number of imidazole rings is 1. The van der Waals surface area contributed by atoms with Gasteiger partial charge in [0.1, 0.15) is 22.7 Å². The lowest BCUT2D eigenvalue weighted by molar-refractivity contribution is -0.275. The molecule has 1 aliphatic heterocycles. The average molecular weight is 550 g/mol. The van der Waals surface area contributed by atoms with E-state index in [0.29, 0.717) is 11.4 Å². The van der Waals surface area contributed by atoms with Crippen LogP contribution in [-0.2, 0) is 17.4 Å². The quantitative estimate of drug-likeness (QED) is 0.473. The number of pyridine rings is 1. The summed E-state index contributed by atoms with van der Waals surface area (Å²) in [6.07, 6.45) is -5.67. The summed E-state index contributed by atoms with van der Waals surface area (Å²) in [5, 5.41) is 10.00. The van der Waals surface area contributed by atoms with Crippen LogP contribution in [0, 0.1) is 5.82 Å². The number of amides is 1. The van der Waals surface area contributed by atoms with E-state index in [9.17, 15) is 35.5 Å². The minimum atomic E-state index is -5.08. The predicted octanol–water partition coefficient (Wildman–Crippen LogP) is 3.94. The maximum Gasteiger partial charge on any atom is 0.573 e. The first kappa shape index (κ1) is 28.2. The molecule has 16 heteroatoms. The smallest absolute Gasteiger partial charge is 0.491 e. The molecule has 38 heavy (non-hydrogen) atoms. The van der Waals surface area contributed by atoms with Crippen molar-refractivity contribution >= 4 is 11.9 Å². The first-order valence-electron chi connectivity index (χ1n) is 10.4. The Hall–Kier alpha value is -4.37. The lowest BCUT2D eigenvalue weighted by Gasteiger charge is -2.39. The Balaban J connectivity index is 0.000000505. The molecule has 0 aliphatic carbocycles. The molecule has 204 valence electrons. The average Bonchev–Trinajstić information content (AvgIpc) is 3.25. The number of hydrogen-bond acceptors (Lipinski definition) is 6. The van der Waals surface area contributed by atoms with Crippen molar-refractivity contribution in [3.05, 3.63) is 71.8 Å². The maximum atomic E-state index is 14.6. The fourth-order valence-electron chi connectivity index (χ4n) is 3.54. The van der Waals surface area contributed by atoms with Crippen LogP contribution in [0.2, 0.25) is 0 Å². The van der Waals surface area contributed by atoms with Crippen LogP contribution in [0.3, 0.4) is 0 Å². The van der Waals surface area contributed by atoms with Crippen molar-refractivity contribution in [3.63, 3.8) is 0 Å². The number of hydrogen-bond donors (Lipinski definition) is 2. The number of carboxylic acid groups (broad SMARTS) is 1. The van der Waals surface area contributed by atoms with Gasteiger partial charge in [-0.3, -0.25) is 9.78 Å². The van der Waals surface area contributed by atoms with Crippen LogP contribution in [0.15, 0.2) is 49.1 Å². The van der Waals surface area contributed by atoms with Crippen LogP contribution < -0.4 is 14.8 Å². The highest BCUT2D eigenvalue weighted by atomic mass is 19.4. The normalized spacial score (nSPS) is 16.8. The van der Waals surface area contributed by atoms with Crippen molar-refractivity contribution in [1.82, 2.24) is 19.9 Å². The summed E-state index contributed by atoms with van der Waals surface area (Å²) < 4.78 is 94.7. The van der Waals surface area contributed by atoms with Gasteiger partial charge in [-0.05, 0) is 29.8 Å². The number of aryl methyl sites for hydroxylation is 1. The highest BCUT2D eigenvalue weighted by Gasteiger charge is 2.44. The predicted molar refractivity (Wildman–Crippen MR) is 113 cm³/mol. The molecular formula is C22H17F7N4O5. The molecule has 2 aromatic heterocycles. The first-order chi connectivity index (χ1) is 17.6. The number of aliphatic carboxylic acids is 1. The van der Waals surface area contributed by atoms with Crippen LogP contribution in [0.5, 0.6) is 11.5 Å². The van der Waals surface area contributed by atoms with Gasteiger partial charge in [0.2, 0.25) is 0 Å². The van der Waals surface area contributed by atoms with Crippen LogP contribution >= 0.6 is 0 Å². The molecule has 1 aliphatic rings. The minimum absolute atomic E-state index is 0.160. The van der Waals surface area contributed by atoms with E-state index in [1.165, 1.54) is 29.4 Å². The van der Waals surface area contributed by atoms with Crippen LogP contribution in [0.25, 0.3) is 0 Å². The van der Waals surface area contributed by atoms with Gasteiger partial charge in [-0.15, -0.1) is 13.2 Å². The molecule has 3 aromatic rings. The second-order valence-electron chi connectivity index (χ2n) is 7.69. The van der Waals surface area contributed by atoms with Gasteiger partial charge in [0.15, 0.2) is 11.6 Å². The zero-order valence-corrected chi connectivity index (χ0v) is 19.1. The number of carbonyl (C=O) groups is 2. The summed E-state index contributed by atoms with van der Waals surface area (Å²) in [6.45, 7) is 0.160. The molecule has 2 N–H and O–H groups in total. The van der Waals surface area contributed by atoms with Gasteiger partial charge in [0.25, 0.3) is 5.91 Å². The van der Waals surface area contributed by atoms with Gasteiger partial charge in [0.05, 0.1) is 19.1 Å². The Morgan fingerprint density at radius 2 is 1.87 bits per heavy atom. The summed E-state index contributed by atoms with van der Waals surface area (Å²) in [4.78, 5) is 30.1. The third-order valence-electron chi connectivity index (χ3n) is 5.18. The molecule has 1 atom stereocenters. The topological polar surface area (TPSA) is 116 Å². The van der Waals surface area contributed by atoms with Crippen molar-refractivity contribution in [2.75, 3.05) is 6.61 Å². The molecule has 1 amide bonds.